The second kappa shape index (κ2) is 6.35. The van der Waals surface area contributed by atoms with E-state index in [9.17, 15) is 10.1 Å². The first-order valence-electron chi connectivity index (χ1n) is 6.42. The van der Waals surface area contributed by atoms with Crippen LogP contribution in [-0.4, -0.2) is 26.1 Å². The lowest BCUT2D eigenvalue weighted by molar-refractivity contribution is -0.127. The smallest absolute Gasteiger partial charge is 0.159 e. The average Bonchev–Trinajstić information content (AvgIpc) is 2.49. The lowest BCUT2D eigenvalue weighted by Gasteiger charge is -2.23. The van der Waals surface area contributed by atoms with E-state index in [0.717, 1.165) is 12.8 Å². The van der Waals surface area contributed by atoms with Crippen LogP contribution in [0.4, 0.5) is 0 Å². The number of nitriles is 1. The Labute approximate surface area is 112 Å². The van der Waals surface area contributed by atoms with Crippen LogP contribution in [0.2, 0.25) is 0 Å². The highest BCUT2D eigenvalue weighted by Crippen LogP contribution is 2.30. The maximum atomic E-state index is 12.4. The van der Waals surface area contributed by atoms with E-state index in [0.29, 0.717) is 24.5 Å². The molecule has 1 aliphatic heterocycles. The molecular weight excluding hydrogens is 242 g/mol. The number of hydrogen-bond acceptors (Lipinski definition) is 4. The van der Waals surface area contributed by atoms with Gasteiger partial charge in [0.05, 0.1) is 19.8 Å². The number of Topliss-reactive ketones (excluding diaryl/α,β-unsaturated/α-hetero) is 1. The zero-order valence-electron chi connectivity index (χ0n) is 11.0. The molecule has 100 valence electrons. The molecule has 0 bridgehead atoms. The van der Waals surface area contributed by atoms with Gasteiger partial charge in [-0.15, -0.1) is 0 Å². The van der Waals surface area contributed by atoms with Crippen molar-refractivity contribution in [3.63, 3.8) is 0 Å². The first kappa shape index (κ1) is 13.6. The standard InChI is InChI=1S/C15H17NO3/c1-18-14-7-3-2-6-12(14)13(9-16)15(17)11-5-4-8-19-10-11/h2-3,6-7,11,13H,4-5,8,10H2,1H3. The normalized spacial score (nSPS) is 20.3. The van der Waals surface area contributed by atoms with Gasteiger partial charge >= 0.3 is 0 Å². The molecule has 0 N–H and O–H groups in total. The molecule has 2 atom stereocenters. The number of ketones is 1. The number of methoxy groups -OCH3 is 1. The summed E-state index contributed by atoms with van der Waals surface area (Å²) in [5.41, 5.74) is 0.642. The number of para-hydroxylation sites is 1. The minimum Gasteiger partial charge on any atom is -0.496 e. The Morgan fingerprint density at radius 1 is 1.53 bits per heavy atom. The molecule has 0 saturated carbocycles. The Morgan fingerprint density at radius 3 is 2.95 bits per heavy atom. The second-order valence-electron chi connectivity index (χ2n) is 4.62. The minimum absolute atomic E-state index is 0.0632. The summed E-state index contributed by atoms with van der Waals surface area (Å²) in [6.45, 7) is 1.13. The fourth-order valence-corrected chi connectivity index (χ4v) is 2.39. The molecule has 4 heteroatoms. The predicted octanol–water partition coefficient (Wildman–Crippen LogP) is 2.30. The Hall–Kier alpha value is -1.86. The van der Waals surface area contributed by atoms with Crippen LogP contribution in [0.5, 0.6) is 5.75 Å². The number of ether oxygens (including phenoxy) is 2. The molecule has 1 aromatic rings. The summed E-state index contributed by atoms with van der Waals surface area (Å²) in [4.78, 5) is 12.4. The van der Waals surface area contributed by atoms with E-state index in [2.05, 4.69) is 6.07 Å². The van der Waals surface area contributed by atoms with Crippen LogP contribution in [0.25, 0.3) is 0 Å². The molecule has 0 amide bonds. The third-order valence-corrected chi connectivity index (χ3v) is 3.43. The van der Waals surface area contributed by atoms with Gasteiger partial charge in [-0.05, 0) is 18.9 Å². The van der Waals surface area contributed by atoms with Gasteiger partial charge in [0.1, 0.15) is 11.7 Å². The zero-order valence-corrected chi connectivity index (χ0v) is 11.0. The van der Waals surface area contributed by atoms with Crippen molar-refractivity contribution in [1.29, 1.82) is 5.26 Å². The van der Waals surface area contributed by atoms with E-state index in [1.807, 2.05) is 12.1 Å². The SMILES string of the molecule is COc1ccccc1C(C#N)C(=O)C1CCCOC1. The topological polar surface area (TPSA) is 59.3 Å². The van der Waals surface area contributed by atoms with Crippen molar-refractivity contribution in [3.8, 4) is 11.8 Å². The van der Waals surface area contributed by atoms with Gasteiger partial charge < -0.3 is 9.47 Å². The second-order valence-corrected chi connectivity index (χ2v) is 4.62. The van der Waals surface area contributed by atoms with Crippen LogP contribution < -0.4 is 4.74 Å². The van der Waals surface area contributed by atoms with E-state index in [1.165, 1.54) is 0 Å². The van der Waals surface area contributed by atoms with Crippen molar-refractivity contribution in [2.75, 3.05) is 20.3 Å². The fourth-order valence-electron chi connectivity index (χ4n) is 2.39. The van der Waals surface area contributed by atoms with E-state index in [1.54, 1.807) is 19.2 Å². The van der Waals surface area contributed by atoms with Crippen molar-refractivity contribution in [2.24, 2.45) is 5.92 Å². The number of nitrogens with zero attached hydrogens (tertiary/aromatic N) is 1. The van der Waals surface area contributed by atoms with Gasteiger partial charge in [-0.25, -0.2) is 0 Å². The highest BCUT2D eigenvalue weighted by Gasteiger charge is 2.31. The quantitative estimate of drug-likeness (QED) is 0.832. The maximum absolute atomic E-state index is 12.4. The Balaban J connectivity index is 2.24. The summed E-state index contributed by atoms with van der Waals surface area (Å²) < 4.78 is 10.6. The number of hydrogen-bond donors (Lipinski definition) is 0. The summed E-state index contributed by atoms with van der Waals surface area (Å²) in [5.74, 6) is -0.433. The number of carbonyl (C=O) groups excluding carboxylic acids is 1. The van der Waals surface area contributed by atoms with Crippen LogP contribution in [0, 0.1) is 17.2 Å². The number of carbonyl (C=O) groups is 1. The largest absolute Gasteiger partial charge is 0.496 e. The van der Waals surface area contributed by atoms with Crippen LogP contribution in [0.3, 0.4) is 0 Å². The van der Waals surface area contributed by atoms with Crippen molar-refractivity contribution in [2.45, 2.75) is 18.8 Å². The van der Waals surface area contributed by atoms with Gasteiger partial charge in [0.2, 0.25) is 0 Å². The Bertz CT molecular complexity index is 486. The average molecular weight is 259 g/mol. The summed E-state index contributed by atoms with van der Waals surface area (Å²) >= 11 is 0. The lowest BCUT2D eigenvalue weighted by atomic mass is 9.85. The van der Waals surface area contributed by atoms with E-state index in [4.69, 9.17) is 9.47 Å². The van der Waals surface area contributed by atoms with Gasteiger partial charge in [0.15, 0.2) is 5.78 Å². The minimum atomic E-state index is -0.775. The first-order valence-corrected chi connectivity index (χ1v) is 6.42. The predicted molar refractivity (Wildman–Crippen MR) is 69.9 cm³/mol. The molecule has 4 nitrogen and oxygen atoms in total. The molecule has 19 heavy (non-hydrogen) atoms. The molecule has 1 fully saturated rings. The number of benzene rings is 1. The van der Waals surface area contributed by atoms with Gasteiger partial charge in [-0.3, -0.25) is 4.79 Å². The van der Waals surface area contributed by atoms with E-state index in [-0.39, 0.29) is 11.7 Å². The first-order chi connectivity index (χ1) is 9.27. The maximum Gasteiger partial charge on any atom is 0.159 e. The third-order valence-electron chi connectivity index (χ3n) is 3.43. The molecule has 2 unspecified atom stereocenters. The Morgan fingerprint density at radius 2 is 2.32 bits per heavy atom. The molecule has 0 aromatic heterocycles. The van der Waals surface area contributed by atoms with Gasteiger partial charge in [-0.2, -0.15) is 5.26 Å². The zero-order chi connectivity index (χ0) is 13.7. The monoisotopic (exact) mass is 259 g/mol. The summed E-state index contributed by atoms with van der Waals surface area (Å²) in [5, 5.41) is 9.33. The lowest BCUT2D eigenvalue weighted by Crippen LogP contribution is -2.29. The molecule has 1 saturated heterocycles. The van der Waals surface area contributed by atoms with Crippen molar-refractivity contribution in [1.82, 2.24) is 0 Å². The van der Waals surface area contributed by atoms with Gasteiger partial charge in [0, 0.05) is 18.1 Å². The summed E-state index contributed by atoms with van der Waals surface area (Å²) in [6.07, 6.45) is 1.67. The van der Waals surface area contributed by atoms with Crippen molar-refractivity contribution in [3.05, 3.63) is 29.8 Å². The molecule has 0 radical (unpaired) electrons. The molecule has 1 aromatic carbocycles. The van der Waals surface area contributed by atoms with E-state index >= 15 is 0 Å². The highest BCUT2D eigenvalue weighted by atomic mass is 16.5. The Kier molecular flexibility index (Phi) is 4.53. The van der Waals surface area contributed by atoms with Crippen LogP contribution in [0.15, 0.2) is 24.3 Å². The van der Waals surface area contributed by atoms with Crippen LogP contribution in [0.1, 0.15) is 24.3 Å². The molecular formula is C15H17NO3. The molecule has 0 spiro atoms. The molecule has 1 aliphatic rings. The molecule has 0 aliphatic carbocycles. The van der Waals surface area contributed by atoms with Gasteiger partial charge in [0.25, 0.3) is 0 Å². The fraction of sp³-hybridized carbons (Fsp3) is 0.467. The van der Waals surface area contributed by atoms with Crippen LogP contribution >= 0.6 is 0 Å². The molecule has 1 heterocycles. The molecule has 2 rings (SSSR count). The summed E-state index contributed by atoms with van der Waals surface area (Å²) in [7, 11) is 1.54. The van der Waals surface area contributed by atoms with Gasteiger partial charge in [-0.1, -0.05) is 18.2 Å². The van der Waals surface area contributed by atoms with Crippen LogP contribution in [-0.2, 0) is 9.53 Å². The van der Waals surface area contributed by atoms with E-state index < -0.39 is 5.92 Å². The van der Waals surface area contributed by atoms with Crippen molar-refractivity contribution < 1.29 is 14.3 Å². The summed E-state index contributed by atoms with van der Waals surface area (Å²) in [6, 6.07) is 9.28. The number of rotatable bonds is 4. The third kappa shape index (κ3) is 2.94. The van der Waals surface area contributed by atoms with Crippen molar-refractivity contribution >= 4 is 5.78 Å². The highest BCUT2D eigenvalue weighted by molar-refractivity contribution is 5.91.